The second kappa shape index (κ2) is 18.8. The average Bonchev–Trinajstić information content (AvgIpc) is 2.62. The number of rotatable bonds is 10. The summed E-state index contributed by atoms with van der Waals surface area (Å²) in [4.78, 5) is 20.2. The molecule has 0 bridgehead atoms. The molecule has 0 aliphatic carbocycles. The summed E-state index contributed by atoms with van der Waals surface area (Å²) in [7, 11) is 0. The van der Waals surface area contributed by atoms with Crippen LogP contribution in [-0.4, -0.2) is 211 Å². The molecule has 164 valence electrons. The van der Waals surface area contributed by atoms with E-state index >= 15 is 0 Å². The summed E-state index contributed by atoms with van der Waals surface area (Å²) in [6.45, 7) is -1.69. The molecule has 12 N–H and O–H groups in total. The number of hydrogen-bond donors (Lipinski definition) is 12. The van der Waals surface area contributed by atoms with Crippen molar-refractivity contribution >= 4 is 87.4 Å². The van der Waals surface area contributed by atoms with Gasteiger partial charge < -0.3 is 61.3 Å². The summed E-state index contributed by atoms with van der Waals surface area (Å²) in [5.41, 5.74) is 0. The van der Waals surface area contributed by atoms with Gasteiger partial charge in [0.2, 0.25) is 0 Å². The molecule has 0 saturated carbocycles. The van der Waals surface area contributed by atoms with Gasteiger partial charge in [-0.05, 0) is 0 Å². The first-order valence-electron chi connectivity index (χ1n) is 6.95. The van der Waals surface area contributed by atoms with Crippen LogP contribution < -0.4 is 0 Å². The van der Waals surface area contributed by atoms with Gasteiger partial charge in [0, 0.05) is 0 Å². The molecule has 0 fully saturated rings. The summed E-state index contributed by atoms with van der Waals surface area (Å²) < 4.78 is 0. The Morgan fingerprint density at radius 3 is 0.893 bits per heavy atom. The molecule has 16 heteroatoms. The van der Waals surface area contributed by atoms with Crippen LogP contribution in [0.3, 0.4) is 0 Å². The zero-order valence-corrected chi connectivity index (χ0v) is 13.2. The number of aliphatic hydroxyl groups excluding tert-OH is 10. The Morgan fingerprint density at radius 2 is 0.750 bits per heavy atom. The normalized spacial score (nSPS) is 18.9. The Hall–Kier alpha value is 1.06. The second-order valence-corrected chi connectivity index (χ2v) is 5.03. The van der Waals surface area contributed by atoms with Gasteiger partial charge in [-0.1, -0.05) is 0 Å². The number of aliphatic hydroxyl groups is 10. The number of carbonyl (C=O) groups is 2. The molecule has 8 atom stereocenters. The third-order valence-corrected chi connectivity index (χ3v) is 3.02. The molecule has 0 aromatic carbocycles. The summed E-state index contributed by atoms with van der Waals surface area (Å²) >= 11 is 0. The molecule has 0 aromatic rings. The standard InChI is InChI=1S/2C6H12O7.2Ca.4H/c2*7-1-2(8)3(9)4(10)5(11)6(12)13;;;;;;/h2*2-5,7-11H,1H2,(H,12,13);;;;;;. The van der Waals surface area contributed by atoms with E-state index in [1.54, 1.807) is 0 Å². The fourth-order valence-corrected chi connectivity index (χ4v) is 1.34. The predicted octanol–water partition coefficient (Wildman–Crippen LogP) is -8.82. The molecular weight excluding hydrogens is 448 g/mol. The van der Waals surface area contributed by atoms with Crippen LogP contribution in [0.15, 0.2) is 0 Å². The van der Waals surface area contributed by atoms with Crippen molar-refractivity contribution in [3.8, 4) is 0 Å². The van der Waals surface area contributed by atoms with Crippen molar-refractivity contribution in [2.24, 2.45) is 0 Å². The molecule has 0 heterocycles. The van der Waals surface area contributed by atoms with Crippen LogP contribution in [0, 0.1) is 0 Å². The van der Waals surface area contributed by atoms with Gasteiger partial charge >= 0.3 is 87.4 Å². The van der Waals surface area contributed by atoms with Crippen molar-refractivity contribution in [1.29, 1.82) is 0 Å². The number of carboxylic acid groups (broad SMARTS) is 2. The molecule has 0 rings (SSSR count). The fraction of sp³-hybridized carbons (Fsp3) is 0.833. The minimum atomic E-state index is -2.20. The summed E-state index contributed by atoms with van der Waals surface area (Å²) in [5.74, 6) is -3.45. The molecule has 0 radical (unpaired) electrons. The zero-order valence-electron chi connectivity index (χ0n) is 13.2. The van der Waals surface area contributed by atoms with E-state index in [4.69, 9.17) is 61.3 Å². The molecule has 0 aliphatic rings. The maximum absolute atomic E-state index is 10.1. The maximum atomic E-state index is 10.1. The Balaban J connectivity index is -0.000000192. The molecular formula is C12H28Ca2O14. The monoisotopic (exact) mass is 476 g/mol. The van der Waals surface area contributed by atoms with Crippen molar-refractivity contribution in [3.63, 3.8) is 0 Å². The summed E-state index contributed by atoms with van der Waals surface area (Å²) in [6.07, 6.45) is -15.7. The minimum absolute atomic E-state index is 0. The van der Waals surface area contributed by atoms with E-state index < -0.39 is 74.0 Å². The Bertz CT molecular complexity index is 389. The van der Waals surface area contributed by atoms with Gasteiger partial charge in [0.25, 0.3) is 0 Å². The van der Waals surface area contributed by atoms with Gasteiger partial charge in [0.1, 0.15) is 36.6 Å². The van der Waals surface area contributed by atoms with Crippen molar-refractivity contribution in [2.45, 2.75) is 48.8 Å². The molecule has 0 spiro atoms. The summed E-state index contributed by atoms with van der Waals surface area (Å²) in [6, 6.07) is 0. The van der Waals surface area contributed by atoms with Gasteiger partial charge in [-0.2, -0.15) is 0 Å². The first-order valence-corrected chi connectivity index (χ1v) is 6.95. The van der Waals surface area contributed by atoms with E-state index in [0.717, 1.165) is 0 Å². The summed E-state index contributed by atoms with van der Waals surface area (Å²) in [5, 5.41) is 104. The van der Waals surface area contributed by atoms with E-state index in [2.05, 4.69) is 0 Å². The predicted molar refractivity (Wildman–Crippen MR) is 94.6 cm³/mol. The van der Waals surface area contributed by atoms with Gasteiger partial charge in [-0.3, -0.25) is 0 Å². The van der Waals surface area contributed by atoms with E-state index in [1.807, 2.05) is 0 Å². The Morgan fingerprint density at radius 1 is 0.536 bits per heavy atom. The fourth-order valence-electron chi connectivity index (χ4n) is 1.34. The molecule has 14 nitrogen and oxygen atoms in total. The van der Waals surface area contributed by atoms with Crippen LogP contribution in [0.4, 0.5) is 0 Å². The number of aliphatic carboxylic acids is 2. The number of hydrogen-bond acceptors (Lipinski definition) is 12. The molecule has 0 aliphatic heterocycles. The SMILES string of the molecule is O=C(O)C(O)C(O)C(O)C(O)CO.O=C(O)C(O)C(O)C(O)C(O)CO.[CaH2].[CaH2]. The quantitative estimate of drug-likeness (QED) is 0.130. The average molecular weight is 476 g/mol. The van der Waals surface area contributed by atoms with Gasteiger partial charge in [-0.25, -0.2) is 9.59 Å². The number of carboxylic acids is 2. The van der Waals surface area contributed by atoms with Crippen LogP contribution >= 0.6 is 0 Å². The first-order chi connectivity index (χ1) is 11.8. The van der Waals surface area contributed by atoms with E-state index in [-0.39, 0.29) is 75.5 Å². The third-order valence-electron chi connectivity index (χ3n) is 3.02. The van der Waals surface area contributed by atoms with Gasteiger partial charge in [0.05, 0.1) is 13.2 Å². The van der Waals surface area contributed by atoms with E-state index in [0.29, 0.717) is 0 Å². The topological polar surface area (TPSA) is 277 Å². The van der Waals surface area contributed by atoms with Crippen LogP contribution in [0.1, 0.15) is 0 Å². The van der Waals surface area contributed by atoms with Crippen molar-refractivity contribution in [1.82, 2.24) is 0 Å². The first kappa shape index (κ1) is 36.4. The Kier molecular flexibility index (Phi) is 24.5. The van der Waals surface area contributed by atoms with Crippen LogP contribution in [0.2, 0.25) is 0 Å². The van der Waals surface area contributed by atoms with Crippen LogP contribution in [0.25, 0.3) is 0 Å². The van der Waals surface area contributed by atoms with Crippen molar-refractivity contribution in [2.75, 3.05) is 13.2 Å². The van der Waals surface area contributed by atoms with Crippen LogP contribution in [0.5, 0.6) is 0 Å². The second-order valence-electron chi connectivity index (χ2n) is 5.03. The molecule has 0 saturated heterocycles. The molecule has 0 amide bonds. The Labute approximate surface area is 218 Å². The van der Waals surface area contributed by atoms with Gasteiger partial charge in [0.15, 0.2) is 12.2 Å². The van der Waals surface area contributed by atoms with Crippen LogP contribution in [-0.2, 0) is 9.59 Å². The van der Waals surface area contributed by atoms with Gasteiger partial charge in [-0.15, -0.1) is 0 Å². The zero-order chi connectivity index (χ0) is 21.2. The molecule has 8 unspecified atom stereocenters. The van der Waals surface area contributed by atoms with Crippen molar-refractivity contribution in [3.05, 3.63) is 0 Å². The molecule has 28 heavy (non-hydrogen) atoms. The van der Waals surface area contributed by atoms with Crippen molar-refractivity contribution < 1.29 is 70.9 Å². The van der Waals surface area contributed by atoms with E-state index in [9.17, 15) is 9.59 Å². The molecule has 0 aromatic heterocycles. The third kappa shape index (κ3) is 13.4. The van der Waals surface area contributed by atoms with E-state index in [1.165, 1.54) is 0 Å².